The van der Waals surface area contributed by atoms with Crippen LogP contribution in [0.3, 0.4) is 0 Å². The number of hydrogen-bond donors (Lipinski definition) is 2. The Balaban J connectivity index is 1.66. The molecule has 4 heteroatoms. The van der Waals surface area contributed by atoms with Crippen molar-refractivity contribution in [3.63, 3.8) is 0 Å². The number of carbonyl (C=O) groups is 1. The van der Waals surface area contributed by atoms with E-state index in [1.807, 2.05) is 24.3 Å². The van der Waals surface area contributed by atoms with Gasteiger partial charge >= 0.3 is 0 Å². The molecule has 0 fully saturated rings. The Bertz CT molecular complexity index is 620. The molecule has 0 saturated heterocycles. The van der Waals surface area contributed by atoms with Gasteiger partial charge in [-0.25, -0.2) is 0 Å². The molecule has 21 heavy (non-hydrogen) atoms. The zero-order valence-corrected chi connectivity index (χ0v) is 12.2. The van der Waals surface area contributed by atoms with Crippen LogP contribution in [0.4, 0.5) is 5.69 Å². The lowest BCUT2D eigenvalue weighted by molar-refractivity contribution is -0.114. The molecule has 1 amide bonds. The van der Waals surface area contributed by atoms with Gasteiger partial charge in [0.1, 0.15) is 5.76 Å². The fourth-order valence-corrected chi connectivity index (χ4v) is 2.95. The maximum Gasteiger partial charge on any atom is 0.221 e. The van der Waals surface area contributed by atoms with Gasteiger partial charge in [0.15, 0.2) is 0 Å². The van der Waals surface area contributed by atoms with Crippen LogP contribution < -0.4 is 10.6 Å². The van der Waals surface area contributed by atoms with E-state index in [0.29, 0.717) is 6.04 Å². The third kappa shape index (κ3) is 3.34. The number of benzene rings is 1. The SMILES string of the molecule is CC(=O)Nc1cccc2c1CCC(NCc1ccco1)C2. The Hall–Kier alpha value is -2.07. The summed E-state index contributed by atoms with van der Waals surface area (Å²) in [5.41, 5.74) is 3.57. The van der Waals surface area contributed by atoms with Gasteiger partial charge in [-0.3, -0.25) is 4.79 Å². The molecule has 2 N–H and O–H groups in total. The second-order valence-corrected chi connectivity index (χ2v) is 5.52. The van der Waals surface area contributed by atoms with E-state index in [0.717, 1.165) is 37.3 Å². The van der Waals surface area contributed by atoms with Crippen molar-refractivity contribution in [2.45, 2.75) is 38.8 Å². The minimum atomic E-state index is -0.0125. The standard InChI is InChI=1S/C17H20N2O2/c1-12(20)19-17-6-2-4-13-10-14(7-8-16(13)17)18-11-15-5-3-9-21-15/h2-6,9,14,18H,7-8,10-11H2,1H3,(H,19,20). The van der Waals surface area contributed by atoms with E-state index in [-0.39, 0.29) is 5.91 Å². The second-order valence-electron chi connectivity index (χ2n) is 5.52. The van der Waals surface area contributed by atoms with Crippen LogP contribution in [0.25, 0.3) is 0 Å². The monoisotopic (exact) mass is 284 g/mol. The van der Waals surface area contributed by atoms with E-state index in [2.05, 4.69) is 16.7 Å². The van der Waals surface area contributed by atoms with Crippen molar-refractivity contribution in [3.05, 3.63) is 53.5 Å². The first-order valence-electron chi connectivity index (χ1n) is 7.36. The summed E-state index contributed by atoms with van der Waals surface area (Å²) in [7, 11) is 0. The largest absolute Gasteiger partial charge is 0.468 e. The molecule has 0 spiro atoms. The van der Waals surface area contributed by atoms with E-state index < -0.39 is 0 Å². The predicted molar refractivity (Wildman–Crippen MR) is 82.1 cm³/mol. The molecular weight excluding hydrogens is 264 g/mol. The zero-order chi connectivity index (χ0) is 14.7. The van der Waals surface area contributed by atoms with E-state index in [4.69, 9.17) is 4.42 Å². The highest BCUT2D eigenvalue weighted by molar-refractivity contribution is 5.89. The van der Waals surface area contributed by atoms with Crippen LogP contribution in [0.15, 0.2) is 41.0 Å². The first kappa shape index (κ1) is 13.9. The smallest absolute Gasteiger partial charge is 0.221 e. The predicted octanol–water partition coefficient (Wildman–Crippen LogP) is 2.89. The van der Waals surface area contributed by atoms with Crippen LogP contribution in [-0.2, 0) is 24.2 Å². The second kappa shape index (κ2) is 6.14. The van der Waals surface area contributed by atoms with Crippen molar-refractivity contribution in [3.8, 4) is 0 Å². The summed E-state index contributed by atoms with van der Waals surface area (Å²) in [4.78, 5) is 11.3. The highest BCUT2D eigenvalue weighted by atomic mass is 16.3. The fraction of sp³-hybridized carbons (Fsp3) is 0.353. The summed E-state index contributed by atoms with van der Waals surface area (Å²) < 4.78 is 5.35. The van der Waals surface area contributed by atoms with E-state index in [9.17, 15) is 4.79 Å². The Morgan fingerprint density at radius 2 is 2.24 bits per heavy atom. The molecule has 2 aromatic rings. The summed E-state index contributed by atoms with van der Waals surface area (Å²) in [5, 5.41) is 6.47. The molecule has 1 aliphatic carbocycles. The Morgan fingerprint density at radius 3 is 3.00 bits per heavy atom. The van der Waals surface area contributed by atoms with Gasteiger partial charge in [-0.05, 0) is 48.6 Å². The normalized spacial score (nSPS) is 17.3. The van der Waals surface area contributed by atoms with Gasteiger partial charge in [0.25, 0.3) is 0 Å². The number of furan rings is 1. The van der Waals surface area contributed by atoms with Crippen LogP contribution >= 0.6 is 0 Å². The third-order valence-electron chi connectivity index (χ3n) is 3.94. The number of rotatable bonds is 4. The lowest BCUT2D eigenvalue weighted by Crippen LogP contribution is -2.34. The van der Waals surface area contributed by atoms with Crippen LogP contribution in [0.2, 0.25) is 0 Å². The number of nitrogens with one attached hydrogen (secondary N) is 2. The first-order valence-corrected chi connectivity index (χ1v) is 7.36. The van der Waals surface area contributed by atoms with Gasteiger partial charge in [-0.15, -0.1) is 0 Å². The molecule has 1 atom stereocenters. The van der Waals surface area contributed by atoms with E-state index >= 15 is 0 Å². The van der Waals surface area contributed by atoms with Gasteiger partial charge < -0.3 is 15.1 Å². The van der Waals surface area contributed by atoms with Crippen molar-refractivity contribution in [2.24, 2.45) is 0 Å². The molecule has 4 nitrogen and oxygen atoms in total. The molecule has 0 saturated carbocycles. The summed E-state index contributed by atoms with van der Waals surface area (Å²) in [6.45, 7) is 2.31. The molecule has 1 heterocycles. The molecule has 0 radical (unpaired) electrons. The third-order valence-corrected chi connectivity index (χ3v) is 3.94. The quantitative estimate of drug-likeness (QED) is 0.907. The molecule has 1 unspecified atom stereocenters. The average molecular weight is 284 g/mol. The lowest BCUT2D eigenvalue weighted by atomic mass is 9.87. The summed E-state index contributed by atoms with van der Waals surface area (Å²) in [6.07, 6.45) is 4.75. The van der Waals surface area contributed by atoms with Gasteiger partial charge in [0.2, 0.25) is 5.91 Å². The minimum absolute atomic E-state index is 0.0125. The number of amides is 1. The zero-order valence-electron chi connectivity index (χ0n) is 12.2. The molecule has 0 aliphatic heterocycles. The molecular formula is C17H20N2O2. The van der Waals surface area contributed by atoms with E-state index in [1.54, 1.807) is 13.2 Å². The number of anilines is 1. The van der Waals surface area contributed by atoms with Gasteiger partial charge in [0, 0.05) is 18.7 Å². The van der Waals surface area contributed by atoms with E-state index in [1.165, 1.54) is 11.1 Å². The van der Waals surface area contributed by atoms with Crippen molar-refractivity contribution < 1.29 is 9.21 Å². The molecule has 110 valence electrons. The highest BCUT2D eigenvalue weighted by Gasteiger charge is 2.20. The van der Waals surface area contributed by atoms with Gasteiger partial charge in [-0.1, -0.05) is 12.1 Å². The number of hydrogen-bond acceptors (Lipinski definition) is 3. The number of fused-ring (bicyclic) bond motifs is 1. The Kier molecular flexibility index (Phi) is 4.06. The van der Waals surface area contributed by atoms with Gasteiger partial charge in [0.05, 0.1) is 12.8 Å². The van der Waals surface area contributed by atoms with Gasteiger partial charge in [-0.2, -0.15) is 0 Å². The summed E-state index contributed by atoms with van der Waals surface area (Å²) in [5.74, 6) is 0.953. The Labute approximate surface area is 124 Å². The van der Waals surface area contributed by atoms with Crippen LogP contribution in [0.1, 0.15) is 30.2 Å². The topological polar surface area (TPSA) is 54.3 Å². The lowest BCUT2D eigenvalue weighted by Gasteiger charge is -2.27. The van der Waals surface area contributed by atoms with Crippen LogP contribution in [0, 0.1) is 0 Å². The summed E-state index contributed by atoms with van der Waals surface area (Å²) in [6, 6.07) is 10.5. The molecule has 1 aliphatic rings. The van der Waals surface area contributed by atoms with Crippen molar-refractivity contribution in [2.75, 3.05) is 5.32 Å². The molecule has 3 rings (SSSR count). The van der Waals surface area contributed by atoms with Crippen LogP contribution in [0.5, 0.6) is 0 Å². The summed E-state index contributed by atoms with van der Waals surface area (Å²) >= 11 is 0. The molecule has 1 aromatic heterocycles. The minimum Gasteiger partial charge on any atom is -0.468 e. The van der Waals surface area contributed by atoms with Crippen LogP contribution in [-0.4, -0.2) is 11.9 Å². The fourth-order valence-electron chi connectivity index (χ4n) is 2.95. The van der Waals surface area contributed by atoms with Crippen molar-refractivity contribution in [1.29, 1.82) is 0 Å². The molecule has 0 bridgehead atoms. The highest BCUT2D eigenvalue weighted by Crippen LogP contribution is 2.28. The number of carbonyl (C=O) groups excluding carboxylic acids is 1. The average Bonchev–Trinajstić information content (AvgIpc) is 2.98. The maximum absolute atomic E-state index is 11.3. The van der Waals surface area contributed by atoms with Crippen molar-refractivity contribution >= 4 is 11.6 Å². The Morgan fingerprint density at radius 1 is 1.33 bits per heavy atom. The molecule has 1 aromatic carbocycles. The van der Waals surface area contributed by atoms with Crippen molar-refractivity contribution in [1.82, 2.24) is 5.32 Å². The first-order chi connectivity index (χ1) is 10.2. The maximum atomic E-state index is 11.3.